The summed E-state index contributed by atoms with van der Waals surface area (Å²) in [4.78, 5) is 2.50. The molecule has 0 spiro atoms. The lowest BCUT2D eigenvalue weighted by Gasteiger charge is -2.51. The van der Waals surface area contributed by atoms with Crippen molar-refractivity contribution in [3.05, 3.63) is 34.9 Å². The number of fused-ring (bicyclic) bond motifs is 2. The van der Waals surface area contributed by atoms with Crippen LogP contribution in [-0.4, -0.2) is 29.1 Å². The second-order valence-corrected chi connectivity index (χ2v) is 6.66. The van der Waals surface area contributed by atoms with Crippen molar-refractivity contribution in [1.29, 1.82) is 0 Å². The lowest BCUT2D eigenvalue weighted by molar-refractivity contribution is -0.0877. The van der Waals surface area contributed by atoms with Crippen molar-refractivity contribution in [2.45, 2.75) is 63.6 Å². The Morgan fingerprint density at radius 3 is 2.37 bits per heavy atom. The van der Waals surface area contributed by atoms with E-state index >= 15 is 0 Å². The number of hydrogen-bond acceptors (Lipinski definition) is 2. The zero-order valence-electron chi connectivity index (χ0n) is 12.3. The normalized spacial score (nSPS) is 35.4. The van der Waals surface area contributed by atoms with E-state index in [4.69, 9.17) is 0 Å². The van der Waals surface area contributed by atoms with Crippen molar-refractivity contribution in [3.8, 4) is 0 Å². The summed E-state index contributed by atoms with van der Waals surface area (Å²) in [5.41, 5.74) is 3.06. The first-order valence-electron chi connectivity index (χ1n) is 7.52. The molecule has 2 heterocycles. The van der Waals surface area contributed by atoms with Crippen LogP contribution in [0, 0.1) is 13.8 Å². The fourth-order valence-electron chi connectivity index (χ4n) is 4.21. The van der Waals surface area contributed by atoms with Crippen LogP contribution in [0.25, 0.3) is 0 Å². The molecule has 104 valence electrons. The highest BCUT2D eigenvalue weighted by Gasteiger charge is 2.45. The molecule has 2 fully saturated rings. The topological polar surface area (TPSA) is 23.5 Å². The van der Waals surface area contributed by atoms with Crippen LogP contribution in [0.2, 0.25) is 0 Å². The molecule has 2 saturated heterocycles. The molecule has 2 heteroatoms. The van der Waals surface area contributed by atoms with Crippen LogP contribution in [0.5, 0.6) is 0 Å². The lowest BCUT2D eigenvalue weighted by Crippen LogP contribution is -2.55. The maximum absolute atomic E-state index is 11.2. The van der Waals surface area contributed by atoms with Gasteiger partial charge in [0.2, 0.25) is 0 Å². The monoisotopic (exact) mass is 259 g/mol. The molecule has 0 saturated carbocycles. The molecule has 2 aliphatic rings. The summed E-state index contributed by atoms with van der Waals surface area (Å²) in [6, 6.07) is 7.58. The fourth-order valence-corrected chi connectivity index (χ4v) is 4.21. The first kappa shape index (κ1) is 13.1. The predicted octanol–water partition coefficient (Wildman–Crippen LogP) is 3.14. The minimum atomic E-state index is -0.611. The Morgan fingerprint density at radius 1 is 1.16 bits per heavy atom. The van der Waals surface area contributed by atoms with Gasteiger partial charge >= 0.3 is 0 Å². The maximum atomic E-state index is 11.2. The number of nitrogens with zero attached hydrogens (tertiary/aromatic N) is 1. The minimum Gasteiger partial charge on any atom is -0.385 e. The van der Waals surface area contributed by atoms with Gasteiger partial charge in [0.05, 0.1) is 5.60 Å². The molecule has 2 nitrogen and oxygen atoms in total. The van der Waals surface area contributed by atoms with Gasteiger partial charge in [-0.05, 0) is 57.7 Å². The van der Waals surface area contributed by atoms with Gasteiger partial charge in [0.15, 0.2) is 0 Å². The molecular formula is C17H25NO. The average Bonchev–Trinajstić information content (AvgIpc) is 2.31. The van der Waals surface area contributed by atoms with E-state index in [1.54, 1.807) is 0 Å². The van der Waals surface area contributed by atoms with Gasteiger partial charge in [0.25, 0.3) is 0 Å². The molecule has 0 aliphatic carbocycles. The van der Waals surface area contributed by atoms with Crippen molar-refractivity contribution in [1.82, 2.24) is 4.90 Å². The largest absolute Gasteiger partial charge is 0.385 e. The average molecular weight is 259 g/mol. The van der Waals surface area contributed by atoms with Crippen LogP contribution in [0.15, 0.2) is 18.2 Å². The van der Waals surface area contributed by atoms with Gasteiger partial charge < -0.3 is 10.0 Å². The molecule has 1 aromatic carbocycles. The van der Waals surface area contributed by atoms with Crippen LogP contribution in [0.3, 0.4) is 0 Å². The van der Waals surface area contributed by atoms with Gasteiger partial charge in [-0.25, -0.2) is 0 Å². The zero-order chi connectivity index (χ0) is 13.6. The zero-order valence-corrected chi connectivity index (χ0v) is 12.3. The summed E-state index contributed by atoms with van der Waals surface area (Å²) in [5.74, 6) is 0. The summed E-state index contributed by atoms with van der Waals surface area (Å²) in [6.07, 6.45) is 5.58. The summed E-state index contributed by atoms with van der Waals surface area (Å²) in [5, 5.41) is 11.2. The molecule has 19 heavy (non-hydrogen) atoms. The summed E-state index contributed by atoms with van der Waals surface area (Å²) >= 11 is 0. The number of piperidine rings is 2. The van der Waals surface area contributed by atoms with Crippen molar-refractivity contribution in [3.63, 3.8) is 0 Å². The van der Waals surface area contributed by atoms with Crippen molar-refractivity contribution in [2.24, 2.45) is 0 Å². The molecule has 0 aromatic heterocycles. The van der Waals surface area contributed by atoms with E-state index in [-0.39, 0.29) is 0 Å². The Bertz CT molecular complexity index is 468. The minimum absolute atomic E-state index is 0.554. The summed E-state index contributed by atoms with van der Waals surface area (Å²) in [7, 11) is 2.23. The van der Waals surface area contributed by atoms with E-state index in [1.165, 1.54) is 30.4 Å². The first-order valence-corrected chi connectivity index (χ1v) is 7.52. The standard InChI is InChI=1S/C17H25NO/c1-12-7-8-16(13(2)9-12)17(19)10-14-5-4-6-15(11-17)18(14)3/h7-9,14-15,19H,4-6,10-11H2,1-3H3. The van der Waals surface area contributed by atoms with Crippen molar-refractivity contribution >= 4 is 0 Å². The van der Waals surface area contributed by atoms with Crippen LogP contribution in [-0.2, 0) is 5.60 Å². The van der Waals surface area contributed by atoms with Gasteiger partial charge in [-0.15, -0.1) is 0 Å². The van der Waals surface area contributed by atoms with Crippen molar-refractivity contribution < 1.29 is 5.11 Å². The van der Waals surface area contributed by atoms with Crippen LogP contribution in [0.1, 0.15) is 48.8 Å². The Kier molecular flexibility index (Phi) is 3.18. The summed E-state index contributed by atoms with van der Waals surface area (Å²) in [6.45, 7) is 4.25. The Balaban J connectivity index is 1.95. The van der Waals surface area contributed by atoms with E-state index < -0.39 is 5.60 Å². The highest BCUT2D eigenvalue weighted by molar-refractivity contribution is 5.35. The Hall–Kier alpha value is -0.860. The Labute approximate surface area is 116 Å². The molecule has 1 aromatic rings. The van der Waals surface area contributed by atoms with E-state index in [0.717, 1.165) is 18.4 Å². The molecule has 0 amide bonds. The van der Waals surface area contributed by atoms with E-state index in [9.17, 15) is 5.11 Å². The predicted molar refractivity (Wildman–Crippen MR) is 78.2 cm³/mol. The van der Waals surface area contributed by atoms with Gasteiger partial charge in [-0.3, -0.25) is 0 Å². The van der Waals surface area contributed by atoms with E-state index in [0.29, 0.717) is 12.1 Å². The third-order valence-electron chi connectivity index (χ3n) is 5.26. The number of benzene rings is 1. The lowest BCUT2D eigenvalue weighted by atomic mass is 9.72. The third-order valence-corrected chi connectivity index (χ3v) is 5.26. The number of aryl methyl sites for hydroxylation is 2. The third kappa shape index (κ3) is 2.21. The first-order chi connectivity index (χ1) is 8.99. The quantitative estimate of drug-likeness (QED) is 0.837. The van der Waals surface area contributed by atoms with Crippen LogP contribution < -0.4 is 0 Å². The smallest absolute Gasteiger partial charge is 0.0928 e. The number of hydrogen-bond donors (Lipinski definition) is 1. The fraction of sp³-hybridized carbons (Fsp3) is 0.647. The van der Waals surface area contributed by atoms with Gasteiger partial charge in [0, 0.05) is 12.1 Å². The van der Waals surface area contributed by atoms with Gasteiger partial charge in [0.1, 0.15) is 0 Å². The van der Waals surface area contributed by atoms with Crippen LogP contribution >= 0.6 is 0 Å². The molecular weight excluding hydrogens is 234 g/mol. The summed E-state index contributed by atoms with van der Waals surface area (Å²) < 4.78 is 0. The second kappa shape index (κ2) is 4.60. The van der Waals surface area contributed by atoms with Gasteiger partial charge in [-0.1, -0.05) is 30.2 Å². The molecule has 3 rings (SSSR count). The van der Waals surface area contributed by atoms with Crippen molar-refractivity contribution in [2.75, 3.05) is 7.05 Å². The molecule has 1 N–H and O–H groups in total. The molecule has 2 unspecified atom stereocenters. The molecule has 0 radical (unpaired) electrons. The maximum Gasteiger partial charge on any atom is 0.0928 e. The number of aliphatic hydroxyl groups is 1. The SMILES string of the molecule is Cc1ccc(C2(O)CC3CCCC(C2)N3C)c(C)c1. The van der Waals surface area contributed by atoms with Crippen LogP contribution in [0.4, 0.5) is 0 Å². The number of rotatable bonds is 1. The van der Waals surface area contributed by atoms with E-state index in [1.807, 2.05) is 0 Å². The second-order valence-electron chi connectivity index (χ2n) is 6.66. The molecule has 2 bridgehead atoms. The highest BCUT2D eigenvalue weighted by Crippen LogP contribution is 2.44. The highest BCUT2D eigenvalue weighted by atomic mass is 16.3. The van der Waals surface area contributed by atoms with Gasteiger partial charge in [-0.2, -0.15) is 0 Å². The molecule has 2 atom stereocenters. The molecule has 2 aliphatic heterocycles. The van der Waals surface area contributed by atoms with E-state index in [2.05, 4.69) is 44.0 Å². The Morgan fingerprint density at radius 2 is 1.79 bits per heavy atom.